The van der Waals surface area contributed by atoms with Crippen LogP contribution in [0.2, 0.25) is 0 Å². The Labute approximate surface area is 93.2 Å². The highest BCUT2D eigenvalue weighted by Crippen LogP contribution is 2.28. The zero-order valence-corrected chi connectivity index (χ0v) is 8.22. The molecule has 0 saturated heterocycles. The Morgan fingerprint density at radius 3 is 2.35 bits per heavy atom. The summed E-state index contributed by atoms with van der Waals surface area (Å²) in [4.78, 5) is 13.4. The van der Waals surface area contributed by atoms with E-state index in [-0.39, 0.29) is 0 Å². The number of hydrogen-bond donors (Lipinski definition) is 3. The van der Waals surface area contributed by atoms with Gasteiger partial charge in [-0.3, -0.25) is 0 Å². The minimum Gasteiger partial charge on any atom is -0.479 e. The third kappa shape index (κ3) is 3.14. The molecule has 1 rings (SSSR count). The normalized spacial score (nSPS) is 15.4. The number of carboxylic acids is 1. The summed E-state index contributed by atoms with van der Waals surface area (Å²) < 4.78 is 36.8. The maximum atomic E-state index is 12.3. The van der Waals surface area contributed by atoms with Crippen molar-refractivity contribution < 1.29 is 33.3 Å². The molecule has 1 heterocycles. The molecule has 0 fully saturated rings. The molecular formula is C9H8F3NO4. The molecule has 94 valence electrons. The number of aliphatic hydroxyl groups is 2. The van der Waals surface area contributed by atoms with Crippen molar-refractivity contribution in [2.45, 2.75) is 18.4 Å². The number of aliphatic hydroxyl groups excluding tert-OH is 2. The van der Waals surface area contributed by atoms with Gasteiger partial charge in [0.15, 0.2) is 6.10 Å². The van der Waals surface area contributed by atoms with Gasteiger partial charge in [-0.25, -0.2) is 9.78 Å². The second-order valence-corrected chi connectivity index (χ2v) is 3.17. The second-order valence-electron chi connectivity index (χ2n) is 3.17. The van der Waals surface area contributed by atoms with E-state index in [0.717, 1.165) is 12.1 Å². The number of alkyl halides is 3. The average molecular weight is 251 g/mol. The van der Waals surface area contributed by atoms with Gasteiger partial charge in [0.05, 0.1) is 5.69 Å². The molecular weight excluding hydrogens is 243 g/mol. The zero-order chi connectivity index (χ0) is 13.2. The molecule has 0 bridgehead atoms. The van der Waals surface area contributed by atoms with Crippen LogP contribution in [0.4, 0.5) is 13.2 Å². The summed E-state index contributed by atoms with van der Waals surface area (Å²) in [5, 5.41) is 26.6. The van der Waals surface area contributed by atoms with Gasteiger partial charge < -0.3 is 15.3 Å². The van der Waals surface area contributed by atoms with Crippen LogP contribution in [0.15, 0.2) is 18.2 Å². The molecule has 0 amide bonds. The van der Waals surface area contributed by atoms with Crippen LogP contribution in [0.5, 0.6) is 0 Å². The molecule has 2 unspecified atom stereocenters. The molecule has 5 nitrogen and oxygen atoms in total. The Morgan fingerprint density at radius 2 is 1.88 bits per heavy atom. The lowest BCUT2D eigenvalue weighted by Crippen LogP contribution is -2.28. The summed E-state index contributed by atoms with van der Waals surface area (Å²) in [7, 11) is 0. The van der Waals surface area contributed by atoms with Crippen LogP contribution < -0.4 is 0 Å². The summed E-state index contributed by atoms with van der Waals surface area (Å²) in [5.41, 5.74) is -1.83. The van der Waals surface area contributed by atoms with Gasteiger partial charge in [0.2, 0.25) is 0 Å². The quantitative estimate of drug-likeness (QED) is 0.731. The highest BCUT2D eigenvalue weighted by molar-refractivity contribution is 5.72. The van der Waals surface area contributed by atoms with E-state index >= 15 is 0 Å². The second kappa shape index (κ2) is 4.68. The Kier molecular flexibility index (Phi) is 3.69. The number of aliphatic carboxylic acids is 1. The summed E-state index contributed by atoms with van der Waals surface area (Å²) in [5.74, 6) is -1.75. The van der Waals surface area contributed by atoms with E-state index < -0.39 is 35.7 Å². The lowest BCUT2D eigenvalue weighted by molar-refractivity contribution is -0.153. The molecule has 1 aromatic rings. The van der Waals surface area contributed by atoms with Crippen molar-refractivity contribution in [2.24, 2.45) is 0 Å². The van der Waals surface area contributed by atoms with E-state index in [1.54, 1.807) is 0 Å². The average Bonchev–Trinajstić information content (AvgIpc) is 2.26. The van der Waals surface area contributed by atoms with Crippen molar-refractivity contribution in [1.29, 1.82) is 0 Å². The van der Waals surface area contributed by atoms with E-state index in [0.29, 0.717) is 6.07 Å². The summed E-state index contributed by atoms with van der Waals surface area (Å²) >= 11 is 0. The van der Waals surface area contributed by atoms with Crippen molar-refractivity contribution in [3.8, 4) is 0 Å². The minimum absolute atomic E-state index is 0.560. The number of rotatable bonds is 3. The van der Waals surface area contributed by atoms with Crippen molar-refractivity contribution in [3.63, 3.8) is 0 Å². The molecule has 0 aliphatic rings. The van der Waals surface area contributed by atoms with E-state index in [9.17, 15) is 23.1 Å². The zero-order valence-electron chi connectivity index (χ0n) is 8.22. The first kappa shape index (κ1) is 13.4. The molecule has 17 heavy (non-hydrogen) atoms. The van der Waals surface area contributed by atoms with Gasteiger partial charge in [0, 0.05) is 0 Å². The SMILES string of the molecule is O=C(O)C(O)C(O)c1cccc(C(F)(F)F)n1. The molecule has 3 N–H and O–H groups in total. The highest BCUT2D eigenvalue weighted by atomic mass is 19.4. The van der Waals surface area contributed by atoms with Crippen LogP contribution in [0.25, 0.3) is 0 Å². The monoisotopic (exact) mass is 251 g/mol. The number of aromatic nitrogens is 1. The van der Waals surface area contributed by atoms with Crippen molar-refractivity contribution in [3.05, 3.63) is 29.6 Å². The maximum absolute atomic E-state index is 12.3. The van der Waals surface area contributed by atoms with Crippen LogP contribution in [0, 0.1) is 0 Å². The minimum atomic E-state index is -4.70. The molecule has 0 radical (unpaired) electrons. The van der Waals surface area contributed by atoms with Crippen LogP contribution in [-0.2, 0) is 11.0 Å². The Balaban J connectivity index is 3.04. The van der Waals surface area contributed by atoms with E-state index in [1.165, 1.54) is 0 Å². The highest BCUT2D eigenvalue weighted by Gasteiger charge is 2.34. The van der Waals surface area contributed by atoms with Gasteiger partial charge in [-0.15, -0.1) is 0 Å². The number of carbonyl (C=O) groups is 1. The van der Waals surface area contributed by atoms with Gasteiger partial charge in [0.25, 0.3) is 0 Å². The van der Waals surface area contributed by atoms with Crippen LogP contribution in [0.3, 0.4) is 0 Å². The van der Waals surface area contributed by atoms with Crippen molar-refractivity contribution >= 4 is 5.97 Å². The van der Waals surface area contributed by atoms with Gasteiger partial charge >= 0.3 is 12.1 Å². The van der Waals surface area contributed by atoms with Crippen molar-refractivity contribution in [2.75, 3.05) is 0 Å². The van der Waals surface area contributed by atoms with Gasteiger partial charge in [0.1, 0.15) is 11.8 Å². The number of pyridine rings is 1. The van der Waals surface area contributed by atoms with Crippen LogP contribution in [-0.4, -0.2) is 32.4 Å². The molecule has 0 spiro atoms. The topological polar surface area (TPSA) is 90.7 Å². The largest absolute Gasteiger partial charge is 0.479 e. The fourth-order valence-corrected chi connectivity index (χ4v) is 1.07. The molecule has 0 aliphatic carbocycles. The molecule has 0 aromatic carbocycles. The smallest absolute Gasteiger partial charge is 0.433 e. The molecule has 0 aliphatic heterocycles. The fraction of sp³-hybridized carbons (Fsp3) is 0.333. The fourth-order valence-electron chi connectivity index (χ4n) is 1.07. The van der Waals surface area contributed by atoms with E-state index in [1.807, 2.05) is 0 Å². The lowest BCUT2D eigenvalue weighted by atomic mass is 10.1. The summed E-state index contributed by atoms with van der Waals surface area (Å²) in [6.45, 7) is 0. The van der Waals surface area contributed by atoms with E-state index in [2.05, 4.69) is 4.98 Å². The first-order valence-electron chi connectivity index (χ1n) is 4.36. The third-order valence-electron chi connectivity index (χ3n) is 1.92. The van der Waals surface area contributed by atoms with Crippen LogP contribution in [0.1, 0.15) is 17.5 Å². The molecule has 2 atom stereocenters. The summed E-state index contributed by atoms with van der Waals surface area (Å²) in [6, 6.07) is 2.62. The third-order valence-corrected chi connectivity index (χ3v) is 1.92. The van der Waals surface area contributed by atoms with Crippen LogP contribution >= 0.6 is 0 Å². The number of halogens is 3. The number of nitrogens with zero attached hydrogens (tertiary/aromatic N) is 1. The van der Waals surface area contributed by atoms with Gasteiger partial charge in [-0.1, -0.05) is 6.07 Å². The predicted molar refractivity (Wildman–Crippen MR) is 47.8 cm³/mol. The predicted octanol–water partition coefficient (Wildman–Crippen LogP) is 0.579. The number of carboxylic acid groups (broad SMARTS) is 1. The standard InChI is InChI=1S/C9H8F3NO4/c10-9(11,12)5-3-1-2-4(13-5)6(14)7(15)8(16)17/h1-3,6-7,14-15H,(H,16,17). The summed E-state index contributed by atoms with van der Waals surface area (Å²) in [6.07, 6.45) is -8.95. The maximum Gasteiger partial charge on any atom is 0.433 e. The Hall–Kier alpha value is -1.67. The first-order chi connectivity index (χ1) is 7.73. The van der Waals surface area contributed by atoms with Gasteiger partial charge in [-0.2, -0.15) is 13.2 Å². The molecule has 8 heteroatoms. The Morgan fingerprint density at radius 1 is 1.29 bits per heavy atom. The van der Waals surface area contributed by atoms with E-state index in [4.69, 9.17) is 10.2 Å². The Bertz CT molecular complexity index is 421. The van der Waals surface area contributed by atoms with Gasteiger partial charge in [-0.05, 0) is 12.1 Å². The molecule has 0 saturated carbocycles. The van der Waals surface area contributed by atoms with Crippen molar-refractivity contribution in [1.82, 2.24) is 4.98 Å². The molecule has 1 aromatic heterocycles. The number of hydrogen-bond acceptors (Lipinski definition) is 4. The lowest BCUT2D eigenvalue weighted by Gasteiger charge is -2.14. The first-order valence-corrected chi connectivity index (χ1v) is 4.36.